The summed E-state index contributed by atoms with van der Waals surface area (Å²) in [7, 11) is 1.73. The summed E-state index contributed by atoms with van der Waals surface area (Å²) >= 11 is 0. The molecule has 1 aliphatic carbocycles. The van der Waals surface area contributed by atoms with Gasteiger partial charge in [-0.3, -0.25) is 0 Å². The Bertz CT molecular complexity index is 179. The van der Waals surface area contributed by atoms with Crippen molar-refractivity contribution in [3.63, 3.8) is 0 Å². The van der Waals surface area contributed by atoms with Crippen molar-refractivity contribution in [3.8, 4) is 0 Å². The molecule has 0 radical (unpaired) electrons. The predicted molar refractivity (Wildman–Crippen MR) is 50.0 cm³/mol. The summed E-state index contributed by atoms with van der Waals surface area (Å²) in [4.78, 5) is 0. The van der Waals surface area contributed by atoms with Crippen molar-refractivity contribution in [3.05, 3.63) is 0 Å². The molecule has 3 unspecified atom stereocenters. The van der Waals surface area contributed by atoms with Crippen LogP contribution in [0.1, 0.15) is 32.6 Å². The standard InChI is InChI=1S/C10H18F3N/c1-7(14-2)8-5-3-4-6-9(8)10(11,12)13/h7-9,14H,3-6H2,1-2H3. The summed E-state index contributed by atoms with van der Waals surface area (Å²) in [5.41, 5.74) is 0. The van der Waals surface area contributed by atoms with Crippen LogP contribution in [0.5, 0.6) is 0 Å². The highest BCUT2D eigenvalue weighted by molar-refractivity contribution is 4.85. The Balaban J connectivity index is 2.69. The van der Waals surface area contributed by atoms with Crippen LogP contribution in [-0.4, -0.2) is 19.3 Å². The molecule has 1 aliphatic rings. The molecule has 0 bridgehead atoms. The lowest BCUT2D eigenvalue weighted by molar-refractivity contribution is -0.198. The average molecular weight is 209 g/mol. The molecule has 1 fully saturated rings. The quantitative estimate of drug-likeness (QED) is 0.737. The van der Waals surface area contributed by atoms with Crippen molar-refractivity contribution < 1.29 is 13.2 Å². The largest absolute Gasteiger partial charge is 0.392 e. The average Bonchev–Trinajstić information content (AvgIpc) is 2.15. The summed E-state index contributed by atoms with van der Waals surface area (Å²) in [6, 6.07) is -0.0399. The Morgan fingerprint density at radius 1 is 1.21 bits per heavy atom. The van der Waals surface area contributed by atoms with Crippen LogP contribution in [0.25, 0.3) is 0 Å². The van der Waals surface area contributed by atoms with E-state index in [1.807, 2.05) is 6.92 Å². The van der Waals surface area contributed by atoms with Crippen molar-refractivity contribution in [2.24, 2.45) is 11.8 Å². The maximum atomic E-state index is 12.7. The van der Waals surface area contributed by atoms with Gasteiger partial charge in [-0.2, -0.15) is 13.2 Å². The lowest BCUT2D eigenvalue weighted by Crippen LogP contribution is -2.42. The van der Waals surface area contributed by atoms with Gasteiger partial charge in [-0.25, -0.2) is 0 Å². The fraction of sp³-hybridized carbons (Fsp3) is 1.00. The summed E-state index contributed by atoms with van der Waals surface area (Å²) in [5.74, 6) is -1.34. The third-order valence-electron chi connectivity index (χ3n) is 3.34. The molecule has 0 spiro atoms. The van der Waals surface area contributed by atoms with E-state index in [1.54, 1.807) is 7.05 Å². The Morgan fingerprint density at radius 3 is 2.29 bits per heavy atom. The van der Waals surface area contributed by atoms with E-state index in [9.17, 15) is 13.2 Å². The molecule has 1 nitrogen and oxygen atoms in total. The molecule has 0 aromatic heterocycles. The lowest BCUT2D eigenvalue weighted by Gasteiger charge is -2.36. The van der Waals surface area contributed by atoms with Gasteiger partial charge in [-0.15, -0.1) is 0 Å². The predicted octanol–water partition coefficient (Wildman–Crippen LogP) is 2.96. The minimum atomic E-state index is -4.02. The van der Waals surface area contributed by atoms with Crippen molar-refractivity contribution in [1.29, 1.82) is 0 Å². The summed E-state index contributed by atoms with van der Waals surface area (Å²) in [5, 5.41) is 2.94. The zero-order chi connectivity index (χ0) is 10.8. The highest BCUT2D eigenvalue weighted by Crippen LogP contribution is 2.42. The summed E-state index contributed by atoms with van der Waals surface area (Å²) in [6.45, 7) is 1.84. The first-order chi connectivity index (χ1) is 6.46. The lowest BCUT2D eigenvalue weighted by atomic mass is 9.75. The smallest absolute Gasteiger partial charge is 0.317 e. The number of alkyl halides is 3. The number of nitrogens with one attached hydrogen (secondary N) is 1. The van der Waals surface area contributed by atoms with E-state index < -0.39 is 12.1 Å². The first kappa shape index (κ1) is 11.8. The van der Waals surface area contributed by atoms with E-state index in [0.717, 1.165) is 12.8 Å². The highest BCUT2D eigenvalue weighted by atomic mass is 19.4. The van der Waals surface area contributed by atoms with E-state index in [-0.39, 0.29) is 12.0 Å². The summed E-state index contributed by atoms with van der Waals surface area (Å²) in [6.07, 6.45) is -1.36. The molecular formula is C10H18F3N. The second kappa shape index (κ2) is 4.51. The molecule has 0 aliphatic heterocycles. The van der Waals surface area contributed by atoms with Crippen LogP contribution in [-0.2, 0) is 0 Å². The monoisotopic (exact) mass is 209 g/mol. The van der Waals surface area contributed by atoms with Gasteiger partial charge < -0.3 is 5.32 Å². The van der Waals surface area contributed by atoms with Gasteiger partial charge in [0.1, 0.15) is 0 Å². The molecule has 0 saturated heterocycles. The van der Waals surface area contributed by atoms with Crippen LogP contribution in [0, 0.1) is 11.8 Å². The second-order valence-corrected chi connectivity index (χ2v) is 4.17. The Kier molecular flexibility index (Phi) is 3.81. The van der Waals surface area contributed by atoms with E-state index in [4.69, 9.17) is 0 Å². The van der Waals surface area contributed by atoms with Gasteiger partial charge in [0, 0.05) is 6.04 Å². The van der Waals surface area contributed by atoms with Crippen LogP contribution in [0.2, 0.25) is 0 Å². The third-order valence-corrected chi connectivity index (χ3v) is 3.34. The molecule has 1 saturated carbocycles. The molecule has 84 valence electrons. The fourth-order valence-corrected chi connectivity index (χ4v) is 2.38. The van der Waals surface area contributed by atoms with E-state index >= 15 is 0 Å². The fourth-order valence-electron chi connectivity index (χ4n) is 2.38. The van der Waals surface area contributed by atoms with Gasteiger partial charge in [0.05, 0.1) is 5.92 Å². The SMILES string of the molecule is CNC(C)C1CCCCC1C(F)(F)F. The van der Waals surface area contributed by atoms with Gasteiger partial charge in [-0.05, 0) is 32.7 Å². The van der Waals surface area contributed by atoms with Gasteiger partial charge in [0.15, 0.2) is 0 Å². The van der Waals surface area contributed by atoms with Crippen molar-refractivity contribution in [2.45, 2.75) is 44.8 Å². The first-order valence-electron chi connectivity index (χ1n) is 5.20. The van der Waals surface area contributed by atoms with Gasteiger partial charge >= 0.3 is 6.18 Å². The molecule has 1 N–H and O–H groups in total. The number of hydrogen-bond acceptors (Lipinski definition) is 1. The Morgan fingerprint density at radius 2 is 1.79 bits per heavy atom. The third kappa shape index (κ3) is 2.62. The molecule has 0 amide bonds. The van der Waals surface area contributed by atoms with E-state index in [2.05, 4.69) is 5.32 Å². The minimum Gasteiger partial charge on any atom is -0.317 e. The van der Waals surface area contributed by atoms with Crippen molar-refractivity contribution >= 4 is 0 Å². The molecule has 0 heterocycles. The zero-order valence-corrected chi connectivity index (χ0v) is 8.69. The van der Waals surface area contributed by atoms with Gasteiger partial charge in [0.25, 0.3) is 0 Å². The van der Waals surface area contributed by atoms with Crippen molar-refractivity contribution in [1.82, 2.24) is 5.32 Å². The topological polar surface area (TPSA) is 12.0 Å². The molecule has 1 rings (SSSR count). The van der Waals surface area contributed by atoms with Crippen LogP contribution < -0.4 is 5.32 Å². The van der Waals surface area contributed by atoms with E-state index in [1.165, 1.54) is 0 Å². The molecule has 0 aromatic carbocycles. The number of hydrogen-bond donors (Lipinski definition) is 1. The van der Waals surface area contributed by atoms with Gasteiger partial charge in [0.2, 0.25) is 0 Å². The maximum Gasteiger partial charge on any atom is 0.392 e. The molecule has 0 aromatic rings. The first-order valence-corrected chi connectivity index (χ1v) is 5.20. The normalized spacial score (nSPS) is 31.5. The van der Waals surface area contributed by atoms with Crippen molar-refractivity contribution in [2.75, 3.05) is 7.05 Å². The Hall–Kier alpha value is -0.250. The summed E-state index contributed by atoms with van der Waals surface area (Å²) < 4.78 is 38.0. The van der Waals surface area contributed by atoms with Crippen LogP contribution in [0.4, 0.5) is 13.2 Å². The van der Waals surface area contributed by atoms with Crippen LogP contribution in [0.3, 0.4) is 0 Å². The molecule has 14 heavy (non-hydrogen) atoms. The maximum absolute atomic E-state index is 12.7. The molecule has 3 atom stereocenters. The minimum absolute atomic E-state index is 0.0399. The van der Waals surface area contributed by atoms with Crippen LogP contribution >= 0.6 is 0 Å². The van der Waals surface area contributed by atoms with Gasteiger partial charge in [-0.1, -0.05) is 12.8 Å². The van der Waals surface area contributed by atoms with E-state index in [0.29, 0.717) is 12.8 Å². The number of halogens is 3. The highest BCUT2D eigenvalue weighted by Gasteiger charge is 2.46. The zero-order valence-electron chi connectivity index (χ0n) is 8.69. The Labute approximate surface area is 83.1 Å². The second-order valence-electron chi connectivity index (χ2n) is 4.17. The molecule has 4 heteroatoms. The number of rotatable bonds is 2. The molecular weight excluding hydrogens is 191 g/mol. The van der Waals surface area contributed by atoms with Crippen LogP contribution in [0.15, 0.2) is 0 Å².